The predicted octanol–water partition coefficient (Wildman–Crippen LogP) is 6.74. The summed E-state index contributed by atoms with van der Waals surface area (Å²) in [5, 5.41) is 11.3. The van der Waals surface area contributed by atoms with Crippen LogP contribution in [0.1, 0.15) is 39.7 Å². The van der Waals surface area contributed by atoms with E-state index in [0.29, 0.717) is 10.8 Å². The van der Waals surface area contributed by atoms with Crippen molar-refractivity contribution in [3.05, 3.63) is 47.6 Å². The number of aromatic hydroxyl groups is 1. The van der Waals surface area contributed by atoms with Gasteiger partial charge >= 0.3 is 0 Å². The second kappa shape index (κ2) is 16.1. The molecule has 1 aromatic carbocycles. The molecule has 0 spiro atoms. The molecule has 1 aliphatic rings. The van der Waals surface area contributed by atoms with Gasteiger partial charge in [0.15, 0.2) is 0 Å². The third-order valence-corrected chi connectivity index (χ3v) is 10.0. The van der Waals surface area contributed by atoms with Crippen LogP contribution in [0.2, 0.25) is 31.2 Å². The minimum absolute atomic E-state index is 0. The van der Waals surface area contributed by atoms with E-state index >= 15 is 0 Å². The van der Waals surface area contributed by atoms with Gasteiger partial charge in [-0.15, -0.1) is 31.2 Å². The Kier molecular flexibility index (Phi) is 20.7. The molecule has 1 aliphatic carbocycles. The topological polar surface area (TPSA) is 20.2 Å². The van der Waals surface area contributed by atoms with Crippen molar-refractivity contribution in [3.8, 4) is 5.75 Å². The van der Waals surface area contributed by atoms with Crippen molar-refractivity contribution in [3.63, 3.8) is 0 Å². The Hall–Kier alpha value is 0.228. The number of rotatable bonds is 1. The third-order valence-electron chi connectivity index (χ3n) is 4.53. The molecule has 0 saturated carbocycles. The maximum atomic E-state index is 9.65. The summed E-state index contributed by atoms with van der Waals surface area (Å²) in [6.07, 6.45) is 8.33. The van der Waals surface area contributed by atoms with Crippen LogP contribution in [0.5, 0.6) is 5.75 Å². The summed E-state index contributed by atoms with van der Waals surface area (Å²) in [6, 6.07) is 5.97. The molecule has 27 heavy (non-hydrogen) atoms. The quantitative estimate of drug-likeness (QED) is 0.349. The van der Waals surface area contributed by atoms with E-state index in [0.717, 1.165) is 21.5 Å². The molecule has 154 valence electrons. The Morgan fingerprint density at radius 1 is 1.04 bits per heavy atom. The molecule has 0 atom stereocenters. The van der Waals surface area contributed by atoms with Gasteiger partial charge in [0.2, 0.25) is 0 Å². The van der Waals surface area contributed by atoms with Crippen molar-refractivity contribution in [2.45, 2.75) is 72.3 Å². The number of phenols is 1. The Labute approximate surface area is 199 Å². The Morgan fingerprint density at radius 3 is 1.78 bits per heavy atom. The number of benzene rings is 1. The number of hydrogen-bond acceptors (Lipinski definition) is 1. The van der Waals surface area contributed by atoms with E-state index < -0.39 is 8.07 Å². The van der Waals surface area contributed by atoms with E-state index in [1.165, 1.54) is 10.8 Å². The van der Waals surface area contributed by atoms with Crippen molar-refractivity contribution in [1.82, 2.24) is 0 Å². The Balaban J connectivity index is -0.000000186. The van der Waals surface area contributed by atoms with Crippen LogP contribution >= 0.6 is 24.8 Å². The molecule has 0 bridgehead atoms. The minimum Gasteiger partial charge on any atom is -0.508 e. The van der Waals surface area contributed by atoms with Gasteiger partial charge in [0.25, 0.3) is 0 Å². The largest absolute Gasteiger partial charge is 0.508 e. The SMILES string of the molecule is CC1=[C-]CC=C1.C[Si]C.Cc1cc(O)cc([Si](C)(C)C(C)(C)C)c1.Cl.Cl.[Ti]. The van der Waals surface area contributed by atoms with Crippen LogP contribution in [0.25, 0.3) is 0 Å². The van der Waals surface area contributed by atoms with Gasteiger partial charge < -0.3 is 5.11 Å². The first-order valence-electron chi connectivity index (χ1n) is 8.59. The maximum absolute atomic E-state index is 9.65. The number of hydrogen-bond donors (Lipinski definition) is 1. The summed E-state index contributed by atoms with van der Waals surface area (Å²) in [5.41, 5.74) is 2.42. The van der Waals surface area contributed by atoms with Crippen LogP contribution in [-0.4, -0.2) is 22.7 Å². The number of halogens is 2. The zero-order valence-corrected chi connectivity index (χ0v) is 23.6. The fraction of sp³-hybridized carbons (Fsp3) is 0.524. The van der Waals surface area contributed by atoms with Gasteiger partial charge in [-0.2, -0.15) is 6.08 Å². The molecule has 0 amide bonds. The van der Waals surface area contributed by atoms with Gasteiger partial charge in [-0.3, -0.25) is 6.08 Å². The molecular weight excluding hydrogens is 443 g/mol. The van der Waals surface area contributed by atoms with Crippen molar-refractivity contribution in [2.75, 3.05) is 0 Å². The number of allylic oxidation sites excluding steroid dienone is 4. The number of aryl methyl sites for hydroxylation is 1. The molecular formula is C21H37Cl2OSi2Ti-. The summed E-state index contributed by atoms with van der Waals surface area (Å²) in [6.45, 7) is 20.0. The summed E-state index contributed by atoms with van der Waals surface area (Å²) in [4.78, 5) is 0. The van der Waals surface area contributed by atoms with E-state index in [1.807, 2.05) is 19.1 Å². The third kappa shape index (κ3) is 13.1. The molecule has 2 radical (unpaired) electrons. The predicted molar refractivity (Wildman–Crippen MR) is 128 cm³/mol. The molecule has 0 heterocycles. The van der Waals surface area contributed by atoms with E-state index in [1.54, 1.807) is 0 Å². The average Bonchev–Trinajstić information content (AvgIpc) is 2.89. The van der Waals surface area contributed by atoms with Crippen molar-refractivity contribution in [2.24, 2.45) is 0 Å². The second-order valence-electron chi connectivity index (χ2n) is 7.90. The van der Waals surface area contributed by atoms with Crippen LogP contribution in [0.15, 0.2) is 35.9 Å². The molecule has 0 fully saturated rings. The number of phenolic OH excluding ortho intramolecular Hbond substituents is 1. The fourth-order valence-electron chi connectivity index (χ4n) is 2.07. The smallest absolute Gasteiger partial charge is 0.115 e. The normalized spacial score (nSPS) is 12.0. The van der Waals surface area contributed by atoms with E-state index in [2.05, 4.69) is 78.2 Å². The van der Waals surface area contributed by atoms with Gasteiger partial charge in [-0.05, 0) is 29.7 Å². The van der Waals surface area contributed by atoms with E-state index in [-0.39, 0.29) is 46.5 Å². The average molecular weight is 480 g/mol. The molecule has 0 saturated heterocycles. The van der Waals surface area contributed by atoms with Gasteiger partial charge in [0, 0.05) is 31.2 Å². The maximum Gasteiger partial charge on any atom is 0.115 e. The molecule has 1 N–H and O–H groups in total. The first-order valence-corrected chi connectivity index (χ1v) is 13.6. The van der Waals surface area contributed by atoms with Crippen molar-refractivity contribution in [1.29, 1.82) is 0 Å². The zero-order valence-electron chi connectivity index (χ0n) is 18.4. The Morgan fingerprint density at radius 2 is 1.52 bits per heavy atom. The molecule has 0 unspecified atom stereocenters. The molecule has 2 rings (SSSR count). The summed E-state index contributed by atoms with van der Waals surface area (Å²) < 4.78 is 0. The molecule has 0 aliphatic heterocycles. The van der Waals surface area contributed by atoms with Crippen LogP contribution in [0.3, 0.4) is 0 Å². The van der Waals surface area contributed by atoms with Gasteiger partial charge in [0.05, 0.1) is 8.07 Å². The zero-order chi connectivity index (χ0) is 19.0. The van der Waals surface area contributed by atoms with Gasteiger partial charge in [-0.25, -0.2) is 11.6 Å². The van der Waals surface area contributed by atoms with E-state index in [4.69, 9.17) is 0 Å². The summed E-state index contributed by atoms with van der Waals surface area (Å²) >= 11 is 0. The monoisotopic (exact) mass is 479 g/mol. The summed E-state index contributed by atoms with van der Waals surface area (Å²) in [7, 11) is -0.420. The van der Waals surface area contributed by atoms with Crippen molar-refractivity contribution < 1.29 is 26.8 Å². The molecule has 6 heteroatoms. The second-order valence-corrected chi connectivity index (χ2v) is 14.2. The standard InChI is InChI=1S/C13H22OSi.C6H7.C2H6Si.2ClH.Ti/c1-10-7-11(14)9-12(8-10)15(5,6)13(2,3)4;1-6-4-2-3-5-6;1-3-2;;;/h7-9,14H,1-6H3;2,4H,3H2,1H3;1-2H3;2*1H;/q;-1;;;;. The van der Waals surface area contributed by atoms with Crippen LogP contribution in [0.4, 0.5) is 0 Å². The van der Waals surface area contributed by atoms with E-state index in [9.17, 15) is 5.11 Å². The molecule has 1 nitrogen and oxygen atoms in total. The van der Waals surface area contributed by atoms with Crippen LogP contribution in [0, 0.1) is 13.0 Å². The van der Waals surface area contributed by atoms with Gasteiger partial charge in [0.1, 0.15) is 5.75 Å². The van der Waals surface area contributed by atoms with Crippen molar-refractivity contribution >= 4 is 47.6 Å². The van der Waals surface area contributed by atoms with Gasteiger partial charge in [-0.1, -0.05) is 65.1 Å². The van der Waals surface area contributed by atoms with Crippen LogP contribution < -0.4 is 5.19 Å². The van der Waals surface area contributed by atoms with Crippen LogP contribution in [-0.2, 0) is 21.7 Å². The first kappa shape index (κ1) is 34.7. The molecule has 0 aromatic heterocycles. The first-order chi connectivity index (χ1) is 11.0. The summed E-state index contributed by atoms with van der Waals surface area (Å²) in [5.74, 6) is 0.398. The minimum atomic E-state index is -1.50. The fourth-order valence-corrected chi connectivity index (χ4v) is 4.03. The molecule has 1 aromatic rings. The Bertz CT molecular complexity index is 557.